The van der Waals surface area contributed by atoms with Crippen LogP contribution in [0.1, 0.15) is 42.1 Å². The Morgan fingerprint density at radius 1 is 1.33 bits per heavy atom. The van der Waals surface area contributed by atoms with Crippen molar-refractivity contribution in [1.82, 2.24) is 0 Å². The highest BCUT2D eigenvalue weighted by Crippen LogP contribution is 2.45. The van der Waals surface area contributed by atoms with Crippen LogP contribution in [0, 0.1) is 25.6 Å². The highest BCUT2D eigenvalue weighted by atomic mass is 19.1. The SMILES string of the molecule is Cc1cc(C)c(C(O)C2CC3CCC2O3)c(F)c1. The molecule has 2 fully saturated rings. The molecule has 0 amide bonds. The molecule has 1 aromatic carbocycles. The van der Waals surface area contributed by atoms with Crippen molar-refractivity contribution in [3.05, 3.63) is 34.6 Å². The Balaban J connectivity index is 1.91. The van der Waals surface area contributed by atoms with Gasteiger partial charge in [-0.15, -0.1) is 0 Å². The van der Waals surface area contributed by atoms with Crippen LogP contribution in [-0.2, 0) is 4.74 Å². The molecule has 0 aromatic heterocycles. The average Bonchev–Trinajstić information content (AvgIpc) is 2.88. The van der Waals surface area contributed by atoms with E-state index in [9.17, 15) is 9.50 Å². The van der Waals surface area contributed by atoms with E-state index in [2.05, 4.69) is 0 Å². The topological polar surface area (TPSA) is 29.5 Å². The van der Waals surface area contributed by atoms with Gasteiger partial charge in [0.05, 0.1) is 18.3 Å². The number of hydrogen-bond acceptors (Lipinski definition) is 2. The maximum absolute atomic E-state index is 14.1. The molecule has 2 saturated heterocycles. The summed E-state index contributed by atoms with van der Waals surface area (Å²) >= 11 is 0. The van der Waals surface area contributed by atoms with E-state index in [1.165, 1.54) is 6.07 Å². The fourth-order valence-corrected chi connectivity index (χ4v) is 3.52. The van der Waals surface area contributed by atoms with Crippen molar-refractivity contribution >= 4 is 0 Å². The first kappa shape index (κ1) is 12.1. The Kier molecular flexibility index (Phi) is 2.91. The second kappa shape index (κ2) is 4.32. The number of aliphatic hydroxyl groups is 1. The molecule has 98 valence electrons. The lowest BCUT2D eigenvalue weighted by molar-refractivity contribution is 0.0403. The predicted octanol–water partition coefficient (Wildman–Crippen LogP) is 3.04. The number of aryl methyl sites for hydroxylation is 2. The second-order valence-electron chi connectivity index (χ2n) is 5.70. The molecule has 2 nitrogen and oxygen atoms in total. The minimum atomic E-state index is -0.735. The van der Waals surface area contributed by atoms with Gasteiger partial charge in [0.2, 0.25) is 0 Å². The predicted molar refractivity (Wildman–Crippen MR) is 66.8 cm³/mol. The quantitative estimate of drug-likeness (QED) is 0.874. The van der Waals surface area contributed by atoms with Gasteiger partial charge in [0.25, 0.3) is 0 Å². The Hall–Kier alpha value is -0.930. The molecule has 2 aliphatic rings. The molecular formula is C15H19FO2. The lowest BCUT2D eigenvalue weighted by atomic mass is 9.81. The summed E-state index contributed by atoms with van der Waals surface area (Å²) < 4.78 is 19.8. The first-order chi connectivity index (χ1) is 8.56. The first-order valence-electron chi connectivity index (χ1n) is 6.66. The monoisotopic (exact) mass is 250 g/mol. The third kappa shape index (κ3) is 1.86. The van der Waals surface area contributed by atoms with Gasteiger partial charge in [-0.3, -0.25) is 0 Å². The van der Waals surface area contributed by atoms with E-state index >= 15 is 0 Å². The maximum Gasteiger partial charge on any atom is 0.129 e. The van der Waals surface area contributed by atoms with Crippen molar-refractivity contribution in [3.8, 4) is 0 Å². The van der Waals surface area contributed by atoms with E-state index in [0.717, 1.165) is 30.4 Å². The van der Waals surface area contributed by atoms with Gasteiger partial charge in [-0.05, 0) is 50.3 Å². The smallest absolute Gasteiger partial charge is 0.129 e. The van der Waals surface area contributed by atoms with E-state index in [-0.39, 0.29) is 23.9 Å². The summed E-state index contributed by atoms with van der Waals surface area (Å²) in [5.41, 5.74) is 2.19. The number of fused-ring (bicyclic) bond motifs is 2. The van der Waals surface area contributed by atoms with Crippen molar-refractivity contribution in [1.29, 1.82) is 0 Å². The summed E-state index contributed by atoms with van der Waals surface area (Å²) in [5.74, 6) is -0.234. The van der Waals surface area contributed by atoms with Crippen LogP contribution in [0.4, 0.5) is 4.39 Å². The Labute approximate surface area is 107 Å². The summed E-state index contributed by atoms with van der Waals surface area (Å²) in [6.07, 6.45) is 2.61. The molecule has 18 heavy (non-hydrogen) atoms. The molecule has 4 unspecified atom stereocenters. The average molecular weight is 250 g/mol. The van der Waals surface area contributed by atoms with Gasteiger partial charge in [-0.2, -0.15) is 0 Å². The van der Waals surface area contributed by atoms with Crippen LogP contribution in [0.25, 0.3) is 0 Å². The minimum Gasteiger partial charge on any atom is -0.388 e. The molecule has 2 heterocycles. The normalized spacial score (nSPS) is 31.9. The van der Waals surface area contributed by atoms with Crippen LogP contribution in [0.15, 0.2) is 12.1 Å². The summed E-state index contributed by atoms with van der Waals surface area (Å²) in [6.45, 7) is 3.73. The van der Waals surface area contributed by atoms with Crippen LogP contribution >= 0.6 is 0 Å². The van der Waals surface area contributed by atoms with E-state index in [4.69, 9.17) is 4.74 Å². The van der Waals surface area contributed by atoms with E-state index in [1.54, 1.807) is 0 Å². The number of halogens is 1. The number of rotatable bonds is 2. The van der Waals surface area contributed by atoms with Crippen LogP contribution in [0.2, 0.25) is 0 Å². The summed E-state index contributed by atoms with van der Waals surface area (Å²) in [7, 11) is 0. The van der Waals surface area contributed by atoms with Gasteiger partial charge >= 0.3 is 0 Å². The molecular weight excluding hydrogens is 231 g/mol. The number of hydrogen-bond donors (Lipinski definition) is 1. The van der Waals surface area contributed by atoms with Crippen molar-refractivity contribution in [2.75, 3.05) is 0 Å². The maximum atomic E-state index is 14.1. The molecule has 0 aliphatic carbocycles. The van der Waals surface area contributed by atoms with Gasteiger partial charge in [0.15, 0.2) is 0 Å². The number of aliphatic hydroxyl groups excluding tert-OH is 1. The largest absolute Gasteiger partial charge is 0.388 e. The highest BCUT2D eigenvalue weighted by Gasteiger charge is 2.45. The lowest BCUT2D eigenvalue weighted by Crippen LogP contribution is -2.25. The van der Waals surface area contributed by atoms with Crippen LogP contribution in [-0.4, -0.2) is 17.3 Å². The van der Waals surface area contributed by atoms with Crippen molar-refractivity contribution in [3.63, 3.8) is 0 Å². The Morgan fingerprint density at radius 3 is 2.67 bits per heavy atom. The van der Waals surface area contributed by atoms with E-state index in [1.807, 2.05) is 19.9 Å². The number of benzene rings is 1. The molecule has 3 heteroatoms. The summed E-state index contributed by atoms with van der Waals surface area (Å²) in [5, 5.41) is 10.5. The molecule has 2 bridgehead atoms. The van der Waals surface area contributed by atoms with Gasteiger partial charge in [-0.25, -0.2) is 4.39 Å². The zero-order chi connectivity index (χ0) is 12.9. The zero-order valence-corrected chi connectivity index (χ0v) is 10.8. The van der Waals surface area contributed by atoms with Crippen molar-refractivity contribution in [2.45, 2.75) is 51.4 Å². The van der Waals surface area contributed by atoms with E-state index < -0.39 is 6.10 Å². The van der Waals surface area contributed by atoms with Crippen molar-refractivity contribution in [2.24, 2.45) is 5.92 Å². The molecule has 1 aromatic rings. The van der Waals surface area contributed by atoms with E-state index in [0.29, 0.717) is 5.56 Å². The zero-order valence-electron chi connectivity index (χ0n) is 10.8. The fourth-order valence-electron chi connectivity index (χ4n) is 3.52. The third-order valence-corrected chi connectivity index (χ3v) is 4.34. The van der Waals surface area contributed by atoms with Gasteiger partial charge < -0.3 is 9.84 Å². The van der Waals surface area contributed by atoms with Crippen molar-refractivity contribution < 1.29 is 14.2 Å². The third-order valence-electron chi connectivity index (χ3n) is 4.34. The Morgan fingerprint density at radius 2 is 2.11 bits per heavy atom. The minimum absolute atomic E-state index is 0.0552. The fraction of sp³-hybridized carbons (Fsp3) is 0.600. The number of ether oxygens (including phenoxy) is 1. The molecule has 0 saturated carbocycles. The van der Waals surface area contributed by atoms with Crippen LogP contribution in [0.5, 0.6) is 0 Å². The molecule has 4 atom stereocenters. The second-order valence-corrected chi connectivity index (χ2v) is 5.70. The summed E-state index contributed by atoms with van der Waals surface area (Å²) in [4.78, 5) is 0. The lowest BCUT2D eigenvalue weighted by Gasteiger charge is -2.26. The standard InChI is InChI=1S/C15H19FO2/c1-8-5-9(2)14(12(16)6-8)15(17)11-7-10-3-4-13(11)18-10/h5-6,10-11,13,15,17H,3-4,7H2,1-2H3. The summed E-state index contributed by atoms with van der Waals surface area (Å²) in [6, 6.07) is 3.43. The van der Waals surface area contributed by atoms with Gasteiger partial charge in [-0.1, -0.05) is 6.07 Å². The van der Waals surface area contributed by atoms with Gasteiger partial charge in [0, 0.05) is 11.5 Å². The molecule has 2 aliphatic heterocycles. The molecule has 1 N–H and O–H groups in total. The van der Waals surface area contributed by atoms with Crippen LogP contribution in [0.3, 0.4) is 0 Å². The first-order valence-corrected chi connectivity index (χ1v) is 6.66. The van der Waals surface area contributed by atoms with Crippen LogP contribution < -0.4 is 0 Å². The highest BCUT2D eigenvalue weighted by molar-refractivity contribution is 5.34. The molecule has 3 rings (SSSR count). The molecule has 0 radical (unpaired) electrons. The Bertz CT molecular complexity index is 449. The van der Waals surface area contributed by atoms with Gasteiger partial charge in [0.1, 0.15) is 5.82 Å². The molecule has 0 spiro atoms.